The Kier molecular flexibility index (Phi) is 2.92. The molecule has 2 aromatic rings. The van der Waals surface area contributed by atoms with Gasteiger partial charge < -0.3 is 9.88 Å². The van der Waals surface area contributed by atoms with Crippen LogP contribution in [0.5, 0.6) is 0 Å². The zero-order valence-electron chi connectivity index (χ0n) is 9.84. The smallest absolute Gasteiger partial charge is 0.0994 e. The summed E-state index contributed by atoms with van der Waals surface area (Å²) in [5, 5.41) is 3.53. The van der Waals surface area contributed by atoms with Gasteiger partial charge in [0.25, 0.3) is 0 Å². The van der Waals surface area contributed by atoms with Crippen molar-refractivity contribution in [2.75, 3.05) is 6.54 Å². The molecule has 2 heterocycles. The number of rotatable bonds is 3. The molecule has 3 heteroatoms. The first kappa shape index (κ1) is 10.5. The molecule has 0 radical (unpaired) electrons. The van der Waals surface area contributed by atoms with Crippen LogP contribution in [0.3, 0.4) is 0 Å². The second-order valence-corrected chi connectivity index (χ2v) is 4.59. The number of nitrogens with zero attached hydrogens (tertiary/aromatic N) is 2. The molecule has 0 aliphatic carbocycles. The molecule has 1 aromatic carbocycles. The van der Waals surface area contributed by atoms with Gasteiger partial charge in [-0.1, -0.05) is 18.2 Å². The average molecular weight is 227 g/mol. The lowest BCUT2D eigenvalue weighted by atomic mass is 10.1. The highest BCUT2D eigenvalue weighted by Crippen LogP contribution is 2.15. The van der Waals surface area contributed by atoms with Crippen molar-refractivity contribution in [3.63, 3.8) is 0 Å². The molecule has 1 fully saturated rings. The van der Waals surface area contributed by atoms with Gasteiger partial charge in [0, 0.05) is 30.0 Å². The van der Waals surface area contributed by atoms with E-state index in [-0.39, 0.29) is 0 Å². The number of hydrogen-bond acceptors (Lipinski definition) is 2. The van der Waals surface area contributed by atoms with Crippen LogP contribution in [0.15, 0.2) is 42.9 Å². The van der Waals surface area contributed by atoms with Crippen LogP contribution in [-0.4, -0.2) is 22.1 Å². The van der Waals surface area contributed by atoms with Crippen molar-refractivity contribution < 1.29 is 0 Å². The summed E-state index contributed by atoms with van der Waals surface area (Å²) in [4.78, 5) is 4.28. The molecule has 0 saturated carbocycles. The molecule has 1 aliphatic heterocycles. The minimum absolute atomic E-state index is 0.620. The zero-order chi connectivity index (χ0) is 11.5. The van der Waals surface area contributed by atoms with Crippen LogP contribution in [0.4, 0.5) is 0 Å². The number of nitrogens with one attached hydrogen (secondary N) is 1. The quantitative estimate of drug-likeness (QED) is 0.871. The minimum atomic E-state index is 0.620. The molecule has 17 heavy (non-hydrogen) atoms. The summed E-state index contributed by atoms with van der Waals surface area (Å²) in [6.45, 7) is 1.16. The lowest BCUT2D eigenvalue weighted by Crippen LogP contribution is -2.24. The molecule has 88 valence electrons. The second kappa shape index (κ2) is 4.72. The predicted octanol–water partition coefficient (Wildman–Crippen LogP) is 2.17. The fourth-order valence-corrected chi connectivity index (χ4v) is 2.48. The van der Waals surface area contributed by atoms with Crippen LogP contribution in [0.1, 0.15) is 18.5 Å². The van der Waals surface area contributed by atoms with E-state index in [1.807, 2.05) is 18.6 Å². The molecule has 1 unspecified atom stereocenters. The molecule has 0 bridgehead atoms. The number of para-hydroxylation sites is 1. The number of hydrogen-bond donors (Lipinski definition) is 1. The van der Waals surface area contributed by atoms with Gasteiger partial charge in [-0.25, -0.2) is 4.98 Å². The molecule has 1 aromatic heterocycles. The van der Waals surface area contributed by atoms with E-state index in [1.54, 1.807) is 0 Å². The van der Waals surface area contributed by atoms with Crippen molar-refractivity contribution in [3.8, 4) is 5.69 Å². The third kappa shape index (κ3) is 2.24. The molecular weight excluding hydrogens is 210 g/mol. The number of benzene rings is 1. The van der Waals surface area contributed by atoms with Gasteiger partial charge in [-0.2, -0.15) is 0 Å². The van der Waals surface area contributed by atoms with Crippen molar-refractivity contribution in [1.29, 1.82) is 0 Å². The van der Waals surface area contributed by atoms with Gasteiger partial charge in [0.2, 0.25) is 0 Å². The summed E-state index contributed by atoms with van der Waals surface area (Å²) in [5.41, 5.74) is 2.48. The maximum Gasteiger partial charge on any atom is 0.0994 e. The van der Waals surface area contributed by atoms with E-state index in [0.29, 0.717) is 6.04 Å². The molecule has 0 amide bonds. The first-order chi connectivity index (χ1) is 8.43. The SMILES string of the molecule is c1ccc(-n2cncc2CC2CCCN2)cc1. The molecule has 0 spiro atoms. The molecule has 1 aliphatic rings. The Balaban J connectivity index is 1.84. The Morgan fingerprint density at radius 2 is 2.18 bits per heavy atom. The maximum absolute atomic E-state index is 4.28. The lowest BCUT2D eigenvalue weighted by Gasteiger charge is -2.12. The molecule has 1 atom stereocenters. The van der Waals surface area contributed by atoms with E-state index in [1.165, 1.54) is 24.2 Å². The summed E-state index contributed by atoms with van der Waals surface area (Å²) in [6, 6.07) is 11.0. The van der Waals surface area contributed by atoms with Crippen molar-refractivity contribution in [3.05, 3.63) is 48.5 Å². The molecular formula is C14H17N3. The van der Waals surface area contributed by atoms with Crippen LogP contribution in [0.2, 0.25) is 0 Å². The summed E-state index contributed by atoms with van der Waals surface area (Å²) in [5.74, 6) is 0. The van der Waals surface area contributed by atoms with Gasteiger partial charge in [-0.3, -0.25) is 0 Å². The number of imidazole rings is 1. The van der Waals surface area contributed by atoms with Crippen molar-refractivity contribution >= 4 is 0 Å². The van der Waals surface area contributed by atoms with Crippen molar-refractivity contribution in [2.45, 2.75) is 25.3 Å². The number of aromatic nitrogens is 2. The lowest BCUT2D eigenvalue weighted by molar-refractivity contribution is 0.590. The molecule has 3 rings (SSSR count). The van der Waals surface area contributed by atoms with E-state index in [0.717, 1.165) is 13.0 Å². The van der Waals surface area contributed by atoms with Crippen LogP contribution in [-0.2, 0) is 6.42 Å². The normalized spacial score (nSPS) is 19.6. The van der Waals surface area contributed by atoms with Gasteiger partial charge in [-0.15, -0.1) is 0 Å². The fraction of sp³-hybridized carbons (Fsp3) is 0.357. The summed E-state index contributed by atoms with van der Waals surface area (Å²) < 4.78 is 2.18. The zero-order valence-corrected chi connectivity index (χ0v) is 9.84. The Labute approximate surface area is 101 Å². The van der Waals surface area contributed by atoms with E-state index < -0.39 is 0 Å². The summed E-state index contributed by atoms with van der Waals surface area (Å²) in [6.07, 6.45) is 7.52. The molecule has 1 N–H and O–H groups in total. The van der Waals surface area contributed by atoms with Crippen LogP contribution in [0.25, 0.3) is 5.69 Å². The minimum Gasteiger partial charge on any atom is -0.314 e. The van der Waals surface area contributed by atoms with Gasteiger partial charge >= 0.3 is 0 Å². The summed E-state index contributed by atoms with van der Waals surface area (Å²) in [7, 11) is 0. The van der Waals surface area contributed by atoms with Crippen molar-refractivity contribution in [1.82, 2.24) is 14.9 Å². The van der Waals surface area contributed by atoms with Gasteiger partial charge in [0.15, 0.2) is 0 Å². The van der Waals surface area contributed by atoms with Crippen LogP contribution in [0, 0.1) is 0 Å². The molecule has 3 nitrogen and oxygen atoms in total. The predicted molar refractivity (Wildman–Crippen MR) is 68.3 cm³/mol. The first-order valence-corrected chi connectivity index (χ1v) is 6.23. The largest absolute Gasteiger partial charge is 0.314 e. The van der Waals surface area contributed by atoms with E-state index in [9.17, 15) is 0 Å². The van der Waals surface area contributed by atoms with Gasteiger partial charge in [0.1, 0.15) is 0 Å². The standard InChI is InChI=1S/C14H17N3/c1-2-6-13(7-3-1)17-11-15-10-14(17)9-12-5-4-8-16-12/h1-3,6-7,10-12,16H,4-5,8-9H2. The highest BCUT2D eigenvalue weighted by Gasteiger charge is 2.16. The van der Waals surface area contributed by atoms with Crippen LogP contribution < -0.4 is 5.32 Å². The average Bonchev–Trinajstić information content (AvgIpc) is 3.02. The van der Waals surface area contributed by atoms with Crippen molar-refractivity contribution in [2.24, 2.45) is 0 Å². The van der Waals surface area contributed by atoms with Gasteiger partial charge in [0.05, 0.1) is 6.33 Å². The second-order valence-electron chi connectivity index (χ2n) is 4.59. The van der Waals surface area contributed by atoms with Crippen LogP contribution >= 0.6 is 0 Å². The van der Waals surface area contributed by atoms with E-state index >= 15 is 0 Å². The highest BCUT2D eigenvalue weighted by molar-refractivity contribution is 5.33. The Bertz CT molecular complexity index is 469. The topological polar surface area (TPSA) is 29.9 Å². The Morgan fingerprint density at radius 1 is 1.29 bits per heavy atom. The Hall–Kier alpha value is -1.61. The maximum atomic E-state index is 4.28. The van der Waals surface area contributed by atoms with Gasteiger partial charge in [-0.05, 0) is 31.5 Å². The van der Waals surface area contributed by atoms with E-state index in [4.69, 9.17) is 0 Å². The van der Waals surface area contributed by atoms with E-state index in [2.05, 4.69) is 39.1 Å². The third-order valence-electron chi connectivity index (χ3n) is 3.37. The molecule has 1 saturated heterocycles. The highest BCUT2D eigenvalue weighted by atomic mass is 15.1. The monoisotopic (exact) mass is 227 g/mol. The fourth-order valence-electron chi connectivity index (χ4n) is 2.48. The summed E-state index contributed by atoms with van der Waals surface area (Å²) >= 11 is 0. The Morgan fingerprint density at radius 3 is 2.94 bits per heavy atom. The first-order valence-electron chi connectivity index (χ1n) is 6.23. The third-order valence-corrected chi connectivity index (χ3v) is 3.37.